The van der Waals surface area contributed by atoms with Gasteiger partial charge >= 0.3 is 5.97 Å². The van der Waals surface area contributed by atoms with Crippen LogP contribution >= 0.6 is 0 Å². The Labute approximate surface area is 121 Å². The molecule has 1 saturated heterocycles. The third kappa shape index (κ3) is 2.52. The van der Waals surface area contributed by atoms with Gasteiger partial charge < -0.3 is 10.0 Å². The molecule has 1 unspecified atom stereocenters. The van der Waals surface area contributed by atoms with Crippen molar-refractivity contribution in [3.05, 3.63) is 33.9 Å². The Bertz CT molecular complexity index is 638. The number of nitrogens with zero attached hydrogens (tertiary/aromatic N) is 3. The molecule has 0 aromatic heterocycles. The minimum atomic E-state index is -0.871. The van der Waals surface area contributed by atoms with Gasteiger partial charge in [-0.2, -0.15) is 5.26 Å². The minimum Gasteiger partial charge on any atom is -0.481 e. The maximum atomic E-state index is 11.4. The van der Waals surface area contributed by atoms with E-state index in [0.717, 1.165) is 0 Å². The fourth-order valence-corrected chi connectivity index (χ4v) is 2.70. The van der Waals surface area contributed by atoms with Crippen LogP contribution in [-0.2, 0) is 4.79 Å². The first-order chi connectivity index (χ1) is 9.93. The van der Waals surface area contributed by atoms with Crippen molar-refractivity contribution >= 4 is 17.3 Å². The van der Waals surface area contributed by atoms with E-state index in [4.69, 9.17) is 5.26 Å². The summed E-state index contributed by atoms with van der Waals surface area (Å²) in [5.74, 6) is -0.871. The van der Waals surface area contributed by atoms with Gasteiger partial charge in [-0.25, -0.2) is 0 Å². The summed E-state index contributed by atoms with van der Waals surface area (Å²) >= 11 is 0. The molecule has 1 aliphatic heterocycles. The zero-order chi connectivity index (χ0) is 15.6. The maximum absolute atomic E-state index is 11.4. The van der Waals surface area contributed by atoms with Gasteiger partial charge in [0.1, 0.15) is 5.69 Å². The molecule has 21 heavy (non-hydrogen) atoms. The summed E-state index contributed by atoms with van der Waals surface area (Å²) < 4.78 is 0. The fourth-order valence-electron chi connectivity index (χ4n) is 2.70. The summed E-state index contributed by atoms with van der Waals surface area (Å²) in [4.78, 5) is 23.8. The molecule has 1 atom stereocenters. The van der Waals surface area contributed by atoms with Crippen molar-refractivity contribution in [2.75, 3.05) is 18.0 Å². The largest absolute Gasteiger partial charge is 0.481 e. The lowest BCUT2D eigenvalue weighted by molar-refractivity contribution is -0.384. The van der Waals surface area contributed by atoms with Crippen molar-refractivity contribution in [1.29, 1.82) is 5.26 Å². The summed E-state index contributed by atoms with van der Waals surface area (Å²) in [5, 5.41) is 29.4. The number of anilines is 1. The second kappa shape index (κ2) is 5.40. The van der Waals surface area contributed by atoms with Crippen LogP contribution in [0, 0.1) is 26.9 Å². The van der Waals surface area contributed by atoms with Crippen molar-refractivity contribution in [1.82, 2.24) is 0 Å². The average molecular weight is 289 g/mol. The molecule has 0 bridgehead atoms. The number of nitriles is 1. The quantitative estimate of drug-likeness (QED) is 0.672. The van der Waals surface area contributed by atoms with Gasteiger partial charge in [-0.3, -0.25) is 14.9 Å². The molecular formula is C14H15N3O4. The first-order valence-corrected chi connectivity index (χ1v) is 6.60. The Morgan fingerprint density at radius 1 is 1.62 bits per heavy atom. The van der Waals surface area contributed by atoms with Crippen LogP contribution in [0.25, 0.3) is 0 Å². The first-order valence-electron chi connectivity index (χ1n) is 6.60. The number of carboxylic acid groups (broad SMARTS) is 1. The SMILES string of the molecule is CCC1(C(=O)O)CCN(c2ccc(C#N)cc2[N+](=O)[O-])C1. The highest BCUT2D eigenvalue weighted by Crippen LogP contribution is 2.39. The molecule has 1 aromatic rings. The normalized spacial score (nSPS) is 21.0. The van der Waals surface area contributed by atoms with Gasteiger partial charge in [0.15, 0.2) is 0 Å². The Balaban J connectivity index is 2.38. The van der Waals surface area contributed by atoms with Gasteiger partial charge in [0.25, 0.3) is 5.69 Å². The average Bonchev–Trinajstić information content (AvgIpc) is 2.92. The van der Waals surface area contributed by atoms with Gasteiger partial charge in [0, 0.05) is 19.2 Å². The summed E-state index contributed by atoms with van der Waals surface area (Å²) in [6.45, 7) is 2.50. The molecule has 1 aromatic carbocycles. The monoisotopic (exact) mass is 289 g/mol. The van der Waals surface area contributed by atoms with Crippen molar-refractivity contribution in [3.63, 3.8) is 0 Å². The van der Waals surface area contributed by atoms with Crippen LogP contribution in [-0.4, -0.2) is 29.1 Å². The number of carbonyl (C=O) groups is 1. The van der Waals surface area contributed by atoms with E-state index in [1.807, 2.05) is 13.0 Å². The van der Waals surface area contributed by atoms with Gasteiger partial charge in [-0.1, -0.05) is 6.92 Å². The zero-order valence-corrected chi connectivity index (χ0v) is 11.6. The van der Waals surface area contributed by atoms with Crippen molar-refractivity contribution in [2.45, 2.75) is 19.8 Å². The molecule has 2 rings (SSSR count). The molecule has 7 nitrogen and oxygen atoms in total. The van der Waals surface area contributed by atoms with E-state index in [1.54, 1.807) is 4.90 Å². The number of hydrogen-bond donors (Lipinski definition) is 1. The standard InChI is InChI=1S/C14H15N3O4/c1-2-14(13(18)19)5-6-16(9-14)11-4-3-10(8-15)7-12(11)17(20)21/h3-4,7H,2,5-6,9H2,1H3,(H,18,19). The van der Waals surface area contributed by atoms with E-state index in [9.17, 15) is 20.0 Å². The third-order valence-electron chi connectivity index (χ3n) is 4.13. The Morgan fingerprint density at radius 2 is 2.33 bits per heavy atom. The number of hydrogen-bond acceptors (Lipinski definition) is 5. The predicted molar refractivity (Wildman–Crippen MR) is 75.0 cm³/mol. The maximum Gasteiger partial charge on any atom is 0.311 e. The van der Waals surface area contributed by atoms with Gasteiger partial charge in [0.05, 0.1) is 22.0 Å². The Hall–Kier alpha value is -2.62. The smallest absolute Gasteiger partial charge is 0.311 e. The molecule has 7 heteroatoms. The molecule has 1 aliphatic rings. The number of nitro groups is 1. The van der Waals surface area contributed by atoms with E-state index in [0.29, 0.717) is 25.1 Å². The van der Waals surface area contributed by atoms with Crippen LogP contribution < -0.4 is 4.90 Å². The lowest BCUT2D eigenvalue weighted by atomic mass is 9.84. The zero-order valence-electron chi connectivity index (χ0n) is 11.6. The van der Waals surface area contributed by atoms with E-state index in [-0.39, 0.29) is 17.8 Å². The van der Waals surface area contributed by atoms with E-state index >= 15 is 0 Å². The molecule has 0 saturated carbocycles. The number of rotatable bonds is 4. The predicted octanol–water partition coefficient (Wildman–Crippen LogP) is 2.16. The minimum absolute atomic E-state index is 0.161. The van der Waals surface area contributed by atoms with Crippen LogP contribution in [0.3, 0.4) is 0 Å². The highest BCUT2D eigenvalue weighted by molar-refractivity contribution is 5.77. The van der Waals surface area contributed by atoms with Crippen LogP contribution in [0.4, 0.5) is 11.4 Å². The van der Waals surface area contributed by atoms with Gasteiger partial charge in [0.2, 0.25) is 0 Å². The number of nitro benzene ring substituents is 1. The molecule has 0 amide bonds. The Kier molecular flexibility index (Phi) is 3.80. The second-order valence-electron chi connectivity index (χ2n) is 5.18. The summed E-state index contributed by atoms with van der Waals surface area (Å²) in [5.41, 5.74) is -0.437. The molecule has 110 valence electrons. The highest BCUT2D eigenvalue weighted by Gasteiger charge is 2.44. The number of aliphatic carboxylic acids is 1. The molecule has 1 fully saturated rings. The van der Waals surface area contributed by atoms with Crippen molar-refractivity contribution in [2.24, 2.45) is 5.41 Å². The van der Waals surface area contributed by atoms with E-state index < -0.39 is 16.3 Å². The highest BCUT2D eigenvalue weighted by atomic mass is 16.6. The third-order valence-corrected chi connectivity index (χ3v) is 4.13. The van der Waals surface area contributed by atoms with Gasteiger partial charge in [-0.05, 0) is 25.0 Å². The second-order valence-corrected chi connectivity index (χ2v) is 5.18. The van der Waals surface area contributed by atoms with Crippen molar-refractivity contribution < 1.29 is 14.8 Å². The molecular weight excluding hydrogens is 274 g/mol. The fraction of sp³-hybridized carbons (Fsp3) is 0.429. The van der Waals surface area contributed by atoms with Crippen LogP contribution in [0.2, 0.25) is 0 Å². The molecule has 0 spiro atoms. The van der Waals surface area contributed by atoms with Gasteiger partial charge in [-0.15, -0.1) is 0 Å². The molecule has 0 aliphatic carbocycles. The number of carboxylic acids is 1. The molecule has 1 N–H and O–H groups in total. The summed E-state index contributed by atoms with van der Waals surface area (Å²) in [6.07, 6.45) is 0.929. The van der Waals surface area contributed by atoms with Crippen molar-refractivity contribution in [3.8, 4) is 6.07 Å². The summed E-state index contributed by atoms with van der Waals surface area (Å²) in [7, 11) is 0. The number of benzene rings is 1. The lowest BCUT2D eigenvalue weighted by Gasteiger charge is -2.24. The molecule has 1 heterocycles. The Morgan fingerprint density at radius 3 is 2.81 bits per heavy atom. The van der Waals surface area contributed by atoms with Crippen LogP contribution in [0.1, 0.15) is 25.3 Å². The van der Waals surface area contributed by atoms with Crippen LogP contribution in [0.5, 0.6) is 0 Å². The van der Waals surface area contributed by atoms with E-state index in [2.05, 4.69) is 0 Å². The lowest BCUT2D eigenvalue weighted by Crippen LogP contribution is -2.34. The summed E-state index contributed by atoms with van der Waals surface area (Å²) in [6, 6.07) is 6.12. The first kappa shape index (κ1) is 14.8. The van der Waals surface area contributed by atoms with Crippen LogP contribution in [0.15, 0.2) is 18.2 Å². The topological polar surface area (TPSA) is 107 Å². The van der Waals surface area contributed by atoms with E-state index in [1.165, 1.54) is 18.2 Å². The molecule has 0 radical (unpaired) electrons.